The van der Waals surface area contributed by atoms with Crippen molar-refractivity contribution in [3.05, 3.63) is 71.8 Å². The van der Waals surface area contributed by atoms with Crippen molar-refractivity contribution in [3.8, 4) is 0 Å². The smallest absolute Gasteiger partial charge is 0.0630 e. The lowest BCUT2D eigenvalue weighted by molar-refractivity contribution is 0.882. The molecule has 0 saturated heterocycles. The molecule has 0 fully saturated rings. The summed E-state index contributed by atoms with van der Waals surface area (Å²) in [5, 5.41) is 0. The van der Waals surface area contributed by atoms with Gasteiger partial charge in [0.05, 0.1) is 6.04 Å². The van der Waals surface area contributed by atoms with Crippen LogP contribution < -0.4 is 0 Å². The lowest BCUT2D eigenvalue weighted by Crippen LogP contribution is -1.96. The maximum absolute atomic E-state index is 5.46. The van der Waals surface area contributed by atoms with Gasteiger partial charge >= 0.3 is 0 Å². The lowest BCUT2D eigenvalue weighted by atomic mass is 10.00. The van der Waals surface area contributed by atoms with Crippen LogP contribution in [0.25, 0.3) is 0 Å². The lowest BCUT2D eigenvalue weighted by Gasteiger charge is -2.16. The third-order valence-corrected chi connectivity index (χ3v) is 2.38. The van der Waals surface area contributed by atoms with Crippen molar-refractivity contribution in [2.45, 2.75) is 6.04 Å². The van der Waals surface area contributed by atoms with Crippen LogP contribution in [0.15, 0.2) is 65.7 Å². The second-order valence-electron chi connectivity index (χ2n) is 3.37. The van der Waals surface area contributed by atoms with Crippen LogP contribution >= 0.6 is 0 Å². The first-order valence-electron chi connectivity index (χ1n) is 4.92. The fourth-order valence-corrected chi connectivity index (χ4v) is 1.64. The number of benzene rings is 2. The van der Waals surface area contributed by atoms with Gasteiger partial charge in [0.2, 0.25) is 0 Å². The topological polar surface area (TPSA) is 12.4 Å². The van der Waals surface area contributed by atoms with E-state index in [2.05, 4.69) is 4.99 Å². The van der Waals surface area contributed by atoms with Gasteiger partial charge in [0.15, 0.2) is 0 Å². The highest BCUT2D eigenvalue weighted by atomic mass is 14.7. The quantitative estimate of drug-likeness (QED) is 0.525. The molecule has 0 amide bonds. The number of hydrogen-bond acceptors (Lipinski definition) is 1. The van der Waals surface area contributed by atoms with E-state index in [-0.39, 0.29) is 6.04 Å². The molecule has 0 aromatic heterocycles. The summed E-state index contributed by atoms with van der Waals surface area (Å²) in [6.45, 7) is 5.46. The Morgan fingerprint density at radius 3 is 1.47 bits per heavy atom. The van der Waals surface area contributed by atoms with E-state index in [9.17, 15) is 0 Å². The average Bonchev–Trinajstić information content (AvgIpc) is 2.33. The Morgan fingerprint density at radius 2 is 1.13 bits per heavy atom. The van der Waals surface area contributed by atoms with Crippen molar-refractivity contribution in [2.24, 2.45) is 4.99 Å². The Hall–Kier alpha value is -1.89. The van der Waals surface area contributed by atoms with Gasteiger partial charge in [-0.2, -0.15) is 0 Å². The van der Waals surface area contributed by atoms with E-state index in [0.717, 1.165) is 11.1 Å². The molecule has 2 aromatic rings. The number of aliphatic imine (C=N–C) groups is 1. The van der Waals surface area contributed by atoms with Crippen LogP contribution in [0.2, 0.25) is 0 Å². The number of rotatable bonds is 3. The maximum Gasteiger partial charge on any atom is 0.0630 e. The van der Waals surface area contributed by atoms with Gasteiger partial charge in [-0.3, -0.25) is 0 Å². The summed E-state index contributed by atoms with van der Waals surface area (Å²) in [6, 6.07) is 20.0. The van der Waals surface area contributed by atoms with Crippen molar-refractivity contribution in [1.82, 2.24) is 0 Å². The molecule has 0 spiro atoms. The standard InChI is InChI=1S/C14H12N/c1-15-14(12-8-4-2-5-9-12)13-10-6-3-7-11-13/h1-11,14H/q-1. The SMILES string of the molecule is [CH-]=NC(c1ccccc1)c1ccccc1. The van der Waals surface area contributed by atoms with Crippen molar-refractivity contribution < 1.29 is 0 Å². The van der Waals surface area contributed by atoms with Gasteiger partial charge in [-0.05, 0) is 11.1 Å². The highest BCUT2D eigenvalue weighted by Gasteiger charge is 2.06. The highest BCUT2D eigenvalue weighted by Crippen LogP contribution is 2.24. The van der Waals surface area contributed by atoms with E-state index in [1.807, 2.05) is 60.7 Å². The molecule has 15 heavy (non-hydrogen) atoms. The molecule has 0 aliphatic carbocycles. The zero-order valence-corrected chi connectivity index (χ0v) is 8.38. The van der Waals surface area contributed by atoms with Crippen LogP contribution in [0, 0.1) is 0 Å². The molecule has 0 saturated carbocycles. The molecule has 1 nitrogen and oxygen atoms in total. The van der Waals surface area contributed by atoms with Gasteiger partial charge in [0, 0.05) is 0 Å². The molecule has 0 aliphatic heterocycles. The summed E-state index contributed by atoms with van der Waals surface area (Å²) < 4.78 is 0. The Labute approximate surface area is 90.1 Å². The van der Waals surface area contributed by atoms with Crippen LogP contribution in [-0.4, -0.2) is 6.72 Å². The van der Waals surface area contributed by atoms with Crippen molar-refractivity contribution in [1.29, 1.82) is 0 Å². The van der Waals surface area contributed by atoms with Crippen LogP contribution in [0.3, 0.4) is 0 Å². The van der Waals surface area contributed by atoms with E-state index in [4.69, 9.17) is 6.72 Å². The summed E-state index contributed by atoms with van der Waals surface area (Å²) in [5.41, 5.74) is 2.23. The monoisotopic (exact) mass is 194 g/mol. The van der Waals surface area contributed by atoms with Crippen LogP contribution in [0.5, 0.6) is 0 Å². The molecule has 2 aromatic carbocycles. The molecule has 0 atom stereocenters. The first kappa shape index (κ1) is 9.66. The van der Waals surface area contributed by atoms with Gasteiger partial charge in [-0.1, -0.05) is 60.7 Å². The van der Waals surface area contributed by atoms with E-state index in [0.29, 0.717) is 0 Å². The predicted molar refractivity (Wildman–Crippen MR) is 63.2 cm³/mol. The van der Waals surface area contributed by atoms with Crippen LogP contribution in [-0.2, 0) is 0 Å². The van der Waals surface area contributed by atoms with Crippen molar-refractivity contribution in [3.63, 3.8) is 0 Å². The number of nitrogens with zero attached hydrogens (tertiary/aromatic N) is 1. The van der Waals surface area contributed by atoms with Gasteiger partial charge in [0.1, 0.15) is 0 Å². The summed E-state index contributed by atoms with van der Waals surface area (Å²) in [6.07, 6.45) is 0. The normalized spacial score (nSPS) is 10.2. The Kier molecular flexibility index (Phi) is 2.93. The molecule has 1 heteroatoms. The summed E-state index contributed by atoms with van der Waals surface area (Å²) in [7, 11) is 0. The van der Waals surface area contributed by atoms with E-state index in [1.165, 1.54) is 0 Å². The molecule has 0 unspecified atom stereocenters. The Morgan fingerprint density at radius 1 is 0.733 bits per heavy atom. The molecule has 74 valence electrons. The molecule has 0 heterocycles. The maximum atomic E-state index is 5.46. The Balaban J connectivity index is 2.38. The summed E-state index contributed by atoms with van der Waals surface area (Å²) in [4.78, 5) is 3.93. The average molecular weight is 194 g/mol. The van der Waals surface area contributed by atoms with Gasteiger partial charge in [-0.15, -0.1) is 0 Å². The molecule has 0 aliphatic rings. The first-order chi connectivity index (χ1) is 7.42. The minimum atomic E-state index is -0.0626. The van der Waals surface area contributed by atoms with Gasteiger partial charge in [-0.25, -0.2) is 0 Å². The molecule has 0 N–H and O–H groups in total. The minimum Gasteiger partial charge on any atom is -0.496 e. The largest absolute Gasteiger partial charge is 0.496 e. The third kappa shape index (κ3) is 2.13. The summed E-state index contributed by atoms with van der Waals surface area (Å²) >= 11 is 0. The van der Waals surface area contributed by atoms with E-state index < -0.39 is 0 Å². The van der Waals surface area contributed by atoms with Crippen LogP contribution in [0.4, 0.5) is 0 Å². The van der Waals surface area contributed by atoms with Gasteiger partial charge < -0.3 is 11.7 Å². The number of hydrogen-bond donors (Lipinski definition) is 0. The van der Waals surface area contributed by atoms with Gasteiger partial charge in [0.25, 0.3) is 0 Å². The Bertz CT molecular complexity index is 380. The summed E-state index contributed by atoms with van der Waals surface area (Å²) in [5.74, 6) is 0. The molecular weight excluding hydrogens is 182 g/mol. The van der Waals surface area contributed by atoms with Crippen molar-refractivity contribution in [2.75, 3.05) is 0 Å². The van der Waals surface area contributed by atoms with Crippen molar-refractivity contribution >= 4 is 6.72 Å². The second kappa shape index (κ2) is 4.56. The zero-order valence-electron chi connectivity index (χ0n) is 8.38. The van der Waals surface area contributed by atoms with Crippen LogP contribution in [0.1, 0.15) is 17.2 Å². The van der Waals surface area contributed by atoms with E-state index >= 15 is 0 Å². The fraction of sp³-hybridized carbons (Fsp3) is 0.0714. The molecule has 0 radical (unpaired) electrons. The third-order valence-electron chi connectivity index (χ3n) is 2.38. The highest BCUT2D eigenvalue weighted by molar-refractivity contribution is 5.36. The second-order valence-corrected chi connectivity index (χ2v) is 3.37. The first-order valence-corrected chi connectivity index (χ1v) is 4.92. The molecule has 2 rings (SSSR count). The molecule has 0 bridgehead atoms. The minimum absolute atomic E-state index is 0.0626. The zero-order chi connectivity index (χ0) is 10.5. The molecular formula is C14H12N-. The fourth-order valence-electron chi connectivity index (χ4n) is 1.64. The predicted octanol–water partition coefficient (Wildman–Crippen LogP) is 3.35. The van der Waals surface area contributed by atoms with E-state index in [1.54, 1.807) is 0 Å².